The lowest BCUT2D eigenvalue weighted by atomic mass is 10.1. The Morgan fingerprint density at radius 1 is 1.44 bits per heavy atom. The van der Waals surface area contributed by atoms with Crippen LogP contribution in [0.25, 0.3) is 0 Å². The first-order valence-electron chi connectivity index (χ1n) is 6.02. The average molecular weight is 253 g/mol. The Morgan fingerprint density at radius 3 is 2.56 bits per heavy atom. The van der Waals surface area contributed by atoms with E-state index in [2.05, 4.69) is 0 Å². The number of carbonyl (C=O) groups excluding carboxylic acids is 1. The molecule has 0 aromatic heterocycles. The molecule has 0 spiro atoms. The molecular formula is C14H20FNO2. The van der Waals surface area contributed by atoms with Gasteiger partial charge in [0.25, 0.3) is 5.91 Å². The number of halogens is 1. The first-order chi connectivity index (χ1) is 8.24. The summed E-state index contributed by atoms with van der Waals surface area (Å²) in [4.78, 5) is 13.8. The molecule has 0 aliphatic rings. The fourth-order valence-corrected chi connectivity index (χ4v) is 1.79. The van der Waals surface area contributed by atoms with E-state index in [-0.39, 0.29) is 12.5 Å². The van der Waals surface area contributed by atoms with Gasteiger partial charge in [-0.05, 0) is 45.4 Å². The molecule has 0 aliphatic heterocycles. The molecule has 0 aliphatic carbocycles. The van der Waals surface area contributed by atoms with Crippen LogP contribution in [0.3, 0.4) is 0 Å². The highest BCUT2D eigenvalue weighted by Crippen LogP contribution is 2.15. The molecule has 1 amide bonds. The van der Waals surface area contributed by atoms with Gasteiger partial charge >= 0.3 is 0 Å². The number of hydrogen-bond donors (Lipinski definition) is 1. The largest absolute Gasteiger partial charge is 0.389 e. The van der Waals surface area contributed by atoms with E-state index in [0.717, 1.165) is 5.56 Å². The highest BCUT2D eigenvalue weighted by atomic mass is 19.1. The molecule has 0 saturated carbocycles. The summed E-state index contributed by atoms with van der Waals surface area (Å²) in [6.45, 7) is 7.57. The summed E-state index contributed by atoms with van der Waals surface area (Å²) in [6.07, 6.45) is 0. The second-order valence-corrected chi connectivity index (χ2v) is 5.09. The van der Waals surface area contributed by atoms with Crippen molar-refractivity contribution in [2.75, 3.05) is 13.1 Å². The number of hydrogen-bond acceptors (Lipinski definition) is 2. The lowest BCUT2D eigenvalue weighted by Crippen LogP contribution is -2.42. The quantitative estimate of drug-likeness (QED) is 0.895. The van der Waals surface area contributed by atoms with Gasteiger partial charge in [-0.3, -0.25) is 4.79 Å². The number of likely N-dealkylation sites (N-methyl/N-ethyl adjacent to an activating group) is 1. The highest BCUT2D eigenvalue weighted by molar-refractivity contribution is 5.95. The Balaban J connectivity index is 3.00. The van der Waals surface area contributed by atoms with Crippen molar-refractivity contribution in [3.63, 3.8) is 0 Å². The van der Waals surface area contributed by atoms with E-state index < -0.39 is 11.4 Å². The summed E-state index contributed by atoms with van der Waals surface area (Å²) < 4.78 is 13.2. The second kappa shape index (κ2) is 5.48. The van der Waals surface area contributed by atoms with Crippen molar-refractivity contribution < 1.29 is 14.3 Å². The molecule has 0 unspecified atom stereocenters. The maximum atomic E-state index is 13.2. The molecule has 0 radical (unpaired) electrons. The Labute approximate surface area is 107 Å². The Morgan fingerprint density at radius 2 is 2.06 bits per heavy atom. The molecule has 0 atom stereocenters. The van der Waals surface area contributed by atoms with Gasteiger partial charge in [0.15, 0.2) is 0 Å². The number of aryl methyl sites for hydroxylation is 1. The Bertz CT molecular complexity index is 438. The number of amides is 1. The molecule has 0 bridgehead atoms. The zero-order valence-corrected chi connectivity index (χ0v) is 11.3. The van der Waals surface area contributed by atoms with Crippen molar-refractivity contribution in [1.82, 2.24) is 4.90 Å². The Kier molecular flexibility index (Phi) is 4.46. The Hall–Kier alpha value is -1.42. The van der Waals surface area contributed by atoms with Crippen molar-refractivity contribution in [3.8, 4) is 0 Å². The lowest BCUT2D eigenvalue weighted by Gasteiger charge is -2.28. The van der Waals surface area contributed by atoms with Crippen LogP contribution in [0, 0.1) is 12.7 Å². The topological polar surface area (TPSA) is 40.5 Å². The lowest BCUT2D eigenvalue weighted by molar-refractivity contribution is 0.0314. The predicted molar refractivity (Wildman–Crippen MR) is 69.0 cm³/mol. The smallest absolute Gasteiger partial charge is 0.254 e. The monoisotopic (exact) mass is 253 g/mol. The molecule has 0 fully saturated rings. The molecule has 1 N–H and O–H groups in total. The van der Waals surface area contributed by atoms with Gasteiger partial charge < -0.3 is 10.0 Å². The molecule has 1 aromatic rings. The van der Waals surface area contributed by atoms with E-state index in [1.165, 1.54) is 17.0 Å². The normalized spacial score (nSPS) is 11.4. The molecule has 0 saturated heterocycles. The van der Waals surface area contributed by atoms with Crippen molar-refractivity contribution in [2.24, 2.45) is 0 Å². The van der Waals surface area contributed by atoms with Crippen LogP contribution in [0.5, 0.6) is 0 Å². The van der Waals surface area contributed by atoms with E-state index in [1.54, 1.807) is 26.8 Å². The molecule has 4 heteroatoms. The van der Waals surface area contributed by atoms with Gasteiger partial charge in [-0.1, -0.05) is 6.07 Å². The van der Waals surface area contributed by atoms with Gasteiger partial charge in [0.2, 0.25) is 0 Å². The third-order valence-corrected chi connectivity index (χ3v) is 2.68. The molecule has 18 heavy (non-hydrogen) atoms. The van der Waals surface area contributed by atoms with Crippen LogP contribution < -0.4 is 0 Å². The number of benzene rings is 1. The van der Waals surface area contributed by atoms with Gasteiger partial charge in [-0.25, -0.2) is 4.39 Å². The van der Waals surface area contributed by atoms with Crippen molar-refractivity contribution >= 4 is 5.91 Å². The minimum atomic E-state index is -0.965. The van der Waals surface area contributed by atoms with Gasteiger partial charge in [0.1, 0.15) is 5.82 Å². The maximum absolute atomic E-state index is 13.2. The summed E-state index contributed by atoms with van der Waals surface area (Å²) in [6, 6.07) is 4.16. The minimum absolute atomic E-state index is 0.221. The van der Waals surface area contributed by atoms with Crippen LogP contribution in [-0.4, -0.2) is 34.6 Å². The molecule has 1 aromatic carbocycles. The molecule has 100 valence electrons. The van der Waals surface area contributed by atoms with Crippen molar-refractivity contribution in [2.45, 2.75) is 33.3 Å². The van der Waals surface area contributed by atoms with E-state index in [4.69, 9.17) is 0 Å². The number of carbonyl (C=O) groups is 1. The first kappa shape index (κ1) is 14.6. The molecule has 3 nitrogen and oxygen atoms in total. The average Bonchev–Trinajstić information content (AvgIpc) is 2.27. The predicted octanol–water partition coefficient (Wildman–Crippen LogP) is 2.37. The van der Waals surface area contributed by atoms with E-state index in [1.807, 2.05) is 6.92 Å². The van der Waals surface area contributed by atoms with Gasteiger partial charge in [0, 0.05) is 18.7 Å². The number of nitrogens with zero attached hydrogens (tertiary/aromatic N) is 1. The van der Waals surface area contributed by atoms with Crippen molar-refractivity contribution in [1.29, 1.82) is 0 Å². The fourth-order valence-electron chi connectivity index (χ4n) is 1.79. The van der Waals surface area contributed by atoms with Crippen LogP contribution in [-0.2, 0) is 0 Å². The highest BCUT2D eigenvalue weighted by Gasteiger charge is 2.23. The number of aliphatic hydroxyl groups is 1. The first-order valence-corrected chi connectivity index (χ1v) is 6.02. The van der Waals surface area contributed by atoms with E-state index >= 15 is 0 Å². The van der Waals surface area contributed by atoms with Crippen LogP contribution in [0.15, 0.2) is 18.2 Å². The number of rotatable bonds is 4. The van der Waals surface area contributed by atoms with Gasteiger partial charge in [-0.15, -0.1) is 0 Å². The summed E-state index contributed by atoms with van der Waals surface area (Å²) >= 11 is 0. The van der Waals surface area contributed by atoms with E-state index in [9.17, 15) is 14.3 Å². The van der Waals surface area contributed by atoms with Crippen LogP contribution in [0.4, 0.5) is 4.39 Å². The van der Waals surface area contributed by atoms with Gasteiger partial charge in [0.05, 0.1) is 5.60 Å². The van der Waals surface area contributed by atoms with Crippen LogP contribution in [0.1, 0.15) is 36.7 Å². The standard InChI is InChI=1S/C14H20FNO2/c1-5-16(9-14(3,4)18)13(17)12-8-11(15)7-6-10(12)2/h6-8,18H,5,9H2,1-4H3. The minimum Gasteiger partial charge on any atom is -0.389 e. The zero-order chi connectivity index (χ0) is 13.9. The van der Waals surface area contributed by atoms with Crippen LogP contribution in [0.2, 0.25) is 0 Å². The third-order valence-electron chi connectivity index (χ3n) is 2.68. The molecule has 0 heterocycles. The fraction of sp³-hybridized carbons (Fsp3) is 0.500. The maximum Gasteiger partial charge on any atom is 0.254 e. The van der Waals surface area contributed by atoms with Crippen LogP contribution >= 0.6 is 0 Å². The molecular weight excluding hydrogens is 233 g/mol. The van der Waals surface area contributed by atoms with Gasteiger partial charge in [-0.2, -0.15) is 0 Å². The second-order valence-electron chi connectivity index (χ2n) is 5.09. The summed E-state index contributed by atoms with van der Waals surface area (Å²) in [7, 11) is 0. The summed E-state index contributed by atoms with van der Waals surface area (Å²) in [5.41, 5.74) is 0.115. The SMILES string of the molecule is CCN(CC(C)(C)O)C(=O)c1cc(F)ccc1C. The summed E-state index contributed by atoms with van der Waals surface area (Å²) in [5.74, 6) is -0.681. The molecule has 1 rings (SSSR count). The third kappa shape index (κ3) is 3.81. The van der Waals surface area contributed by atoms with E-state index in [0.29, 0.717) is 12.1 Å². The summed E-state index contributed by atoms with van der Waals surface area (Å²) in [5, 5.41) is 9.77. The van der Waals surface area contributed by atoms with Crippen molar-refractivity contribution in [3.05, 3.63) is 35.1 Å². The zero-order valence-electron chi connectivity index (χ0n) is 11.3.